The summed E-state index contributed by atoms with van der Waals surface area (Å²) >= 11 is 1.70. The lowest BCUT2D eigenvalue weighted by molar-refractivity contribution is 0.444. The minimum Gasteiger partial charge on any atom is -0.508 e. The van der Waals surface area contributed by atoms with Crippen LogP contribution < -0.4 is 0 Å². The Morgan fingerprint density at radius 2 is 0.795 bits per heavy atom. The van der Waals surface area contributed by atoms with Gasteiger partial charge in [0.1, 0.15) is 23.0 Å². The first-order valence-electron chi connectivity index (χ1n) is 12.9. The summed E-state index contributed by atoms with van der Waals surface area (Å²) in [5.41, 5.74) is 3.78. The molecule has 4 aromatic rings. The molecule has 0 saturated heterocycles. The monoisotopic (exact) mass is 546 g/mol. The molecular formula is C34H42O4S. The van der Waals surface area contributed by atoms with E-state index >= 15 is 0 Å². The summed E-state index contributed by atoms with van der Waals surface area (Å²) in [6.07, 6.45) is 0. The van der Waals surface area contributed by atoms with Crippen LogP contribution in [0.2, 0.25) is 0 Å². The van der Waals surface area contributed by atoms with Crippen LogP contribution in [0.25, 0.3) is 0 Å². The summed E-state index contributed by atoms with van der Waals surface area (Å²) in [7, 11) is 0. The number of para-hydroxylation sites is 2. The Labute approximate surface area is 238 Å². The Bertz CT molecular complexity index is 1230. The molecule has 208 valence electrons. The SMILES string of the molecule is Cc1cc(O)c(C(C)(C)C)cc1Sc1cc(C(C)(C)C)c(O)cc1C.Oc1ccccc1.Oc1ccccc1. The van der Waals surface area contributed by atoms with Crippen molar-refractivity contribution in [3.63, 3.8) is 0 Å². The van der Waals surface area contributed by atoms with Gasteiger partial charge >= 0.3 is 0 Å². The first kappa shape index (κ1) is 31.6. The average molecular weight is 547 g/mol. The Morgan fingerprint density at radius 1 is 0.487 bits per heavy atom. The highest BCUT2D eigenvalue weighted by molar-refractivity contribution is 7.99. The van der Waals surface area contributed by atoms with Crippen LogP contribution in [0.1, 0.15) is 63.8 Å². The molecular weight excluding hydrogens is 504 g/mol. The topological polar surface area (TPSA) is 80.9 Å². The van der Waals surface area contributed by atoms with E-state index in [0.717, 1.165) is 32.0 Å². The highest BCUT2D eigenvalue weighted by Gasteiger charge is 2.22. The van der Waals surface area contributed by atoms with Crippen LogP contribution in [0, 0.1) is 13.8 Å². The van der Waals surface area contributed by atoms with E-state index in [1.165, 1.54) is 0 Å². The van der Waals surface area contributed by atoms with Crippen molar-refractivity contribution in [3.05, 3.63) is 107 Å². The lowest BCUT2D eigenvalue weighted by atomic mass is 9.86. The highest BCUT2D eigenvalue weighted by atomic mass is 32.2. The average Bonchev–Trinajstić information content (AvgIpc) is 2.82. The van der Waals surface area contributed by atoms with E-state index in [2.05, 4.69) is 53.7 Å². The van der Waals surface area contributed by atoms with Crippen molar-refractivity contribution >= 4 is 11.8 Å². The van der Waals surface area contributed by atoms with Gasteiger partial charge in [0.15, 0.2) is 0 Å². The van der Waals surface area contributed by atoms with Crippen molar-refractivity contribution < 1.29 is 20.4 Å². The van der Waals surface area contributed by atoms with Gasteiger partial charge in [-0.05, 0) is 84.3 Å². The van der Waals surface area contributed by atoms with Gasteiger partial charge in [-0.15, -0.1) is 0 Å². The van der Waals surface area contributed by atoms with Crippen LogP contribution in [0.4, 0.5) is 0 Å². The van der Waals surface area contributed by atoms with Crippen molar-refractivity contribution in [2.75, 3.05) is 0 Å². The first-order chi connectivity index (χ1) is 18.1. The van der Waals surface area contributed by atoms with E-state index in [-0.39, 0.29) is 10.8 Å². The molecule has 4 N–H and O–H groups in total. The predicted octanol–water partition coefficient (Wildman–Crippen LogP) is 9.25. The fourth-order valence-corrected chi connectivity index (χ4v) is 4.77. The molecule has 0 radical (unpaired) electrons. The van der Waals surface area contributed by atoms with Gasteiger partial charge in [-0.25, -0.2) is 0 Å². The Morgan fingerprint density at radius 3 is 1.03 bits per heavy atom. The Balaban J connectivity index is 0.000000306. The van der Waals surface area contributed by atoms with E-state index in [9.17, 15) is 10.2 Å². The zero-order valence-corrected chi connectivity index (χ0v) is 25.1. The third-order valence-electron chi connectivity index (χ3n) is 5.93. The van der Waals surface area contributed by atoms with Crippen LogP contribution in [0.5, 0.6) is 23.0 Å². The van der Waals surface area contributed by atoms with Gasteiger partial charge in [0.05, 0.1) is 0 Å². The molecule has 0 saturated carbocycles. The highest BCUT2D eigenvalue weighted by Crippen LogP contribution is 2.42. The van der Waals surface area contributed by atoms with E-state index in [4.69, 9.17) is 10.2 Å². The minimum absolute atomic E-state index is 0.117. The number of hydrogen-bond acceptors (Lipinski definition) is 5. The summed E-state index contributed by atoms with van der Waals surface area (Å²) in [4.78, 5) is 2.27. The number of phenols is 4. The molecule has 0 aliphatic heterocycles. The second-order valence-corrected chi connectivity index (χ2v) is 12.6. The maximum Gasteiger partial charge on any atom is 0.119 e. The molecule has 0 aliphatic rings. The molecule has 0 aliphatic carbocycles. The number of phenolic OH excluding ortho intramolecular Hbond substituents is 4. The van der Waals surface area contributed by atoms with Gasteiger partial charge in [0.25, 0.3) is 0 Å². The van der Waals surface area contributed by atoms with Crippen LogP contribution in [-0.2, 0) is 10.8 Å². The van der Waals surface area contributed by atoms with Crippen LogP contribution in [-0.4, -0.2) is 20.4 Å². The second-order valence-electron chi connectivity index (χ2n) is 11.5. The number of hydrogen-bond donors (Lipinski definition) is 4. The molecule has 0 spiro atoms. The van der Waals surface area contributed by atoms with Crippen molar-refractivity contribution in [3.8, 4) is 23.0 Å². The zero-order chi connectivity index (χ0) is 29.4. The lowest BCUT2D eigenvalue weighted by Crippen LogP contribution is -2.12. The molecule has 0 bridgehead atoms. The summed E-state index contributed by atoms with van der Waals surface area (Å²) in [5, 5.41) is 37.9. The molecule has 39 heavy (non-hydrogen) atoms. The van der Waals surface area contributed by atoms with Crippen molar-refractivity contribution in [1.82, 2.24) is 0 Å². The molecule has 4 rings (SSSR count). The molecule has 0 unspecified atom stereocenters. The van der Waals surface area contributed by atoms with Gasteiger partial charge in [-0.3, -0.25) is 0 Å². The van der Waals surface area contributed by atoms with Gasteiger partial charge in [0, 0.05) is 20.9 Å². The zero-order valence-electron chi connectivity index (χ0n) is 24.3. The van der Waals surface area contributed by atoms with Crippen LogP contribution >= 0.6 is 11.8 Å². The molecule has 5 heteroatoms. The number of aryl methyl sites for hydroxylation is 2. The Hall–Kier alpha value is -3.57. The number of benzene rings is 4. The smallest absolute Gasteiger partial charge is 0.119 e. The molecule has 0 atom stereocenters. The third-order valence-corrected chi connectivity index (χ3v) is 7.25. The minimum atomic E-state index is -0.117. The molecule has 0 fully saturated rings. The number of aromatic hydroxyl groups is 4. The summed E-state index contributed by atoms with van der Waals surface area (Å²) < 4.78 is 0. The fourth-order valence-electron chi connectivity index (χ4n) is 3.74. The lowest BCUT2D eigenvalue weighted by Gasteiger charge is -2.24. The third kappa shape index (κ3) is 9.92. The van der Waals surface area contributed by atoms with E-state index in [1.54, 1.807) is 60.3 Å². The van der Waals surface area contributed by atoms with E-state index in [1.807, 2.05) is 38.1 Å². The molecule has 0 amide bonds. The number of rotatable bonds is 2. The second kappa shape index (κ2) is 13.5. The largest absolute Gasteiger partial charge is 0.508 e. The Kier molecular flexibility index (Phi) is 10.9. The standard InChI is InChI=1S/C22H30O2S.2C6H6O/c1-13-9-17(23)15(21(3,4)5)11-19(13)25-20-12-16(22(6,7)8)18(24)10-14(20)2;2*7-6-4-2-1-3-5-6/h9-12,23-24H,1-8H3;2*1-5,7H. The molecule has 0 aromatic heterocycles. The van der Waals surface area contributed by atoms with Gasteiger partial charge in [-0.1, -0.05) is 89.7 Å². The maximum absolute atomic E-state index is 10.3. The first-order valence-corrected chi connectivity index (χ1v) is 13.7. The fraction of sp³-hybridized carbons (Fsp3) is 0.294. The molecule has 4 aromatic carbocycles. The molecule has 4 nitrogen and oxygen atoms in total. The van der Waals surface area contributed by atoms with Crippen molar-refractivity contribution in [2.24, 2.45) is 0 Å². The normalized spacial score (nSPS) is 11.1. The van der Waals surface area contributed by atoms with Gasteiger partial charge in [0.2, 0.25) is 0 Å². The van der Waals surface area contributed by atoms with Crippen LogP contribution in [0.15, 0.2) is 94.7 Å². The maximum atomic E-state index is 10.3. The summed E-state index contributed by atoms with van der Waals surface area (Å²) in [5.74, 6) is 1.35. The van der Waals surface area contributed by atoms with Crippen LogP contribution in [0.3, 0.4) is 0 Å². The summed E-state index contributed by atoms with van der Waals surface area (Å²) in [6.45, 7) is 16.7. The molecule has 0 heterocycles. The van der Waals surface area contributed by atoms with E-state index in [0.29, 0.717) is 23.0 Å². The van der Waals surface area contributed by atoms with E-state index < -0.39 is 0 Å². The van der Waals surface area contributed by atoms with Crippen molar-refractivity contribution in [2.45, 2.75) is 76.0 Å². The van der Waals surface area contributed by atoms with Crippen molar-refractivity contribution in [1.29, 1.82) is 0 Å². The quantitative estimate of drug-likeness (QED) is 0.201. The predicted molar refractivity (Wildman–Crippen MR) is 163 cm³/mol. The van der Waals surface area contributed by atoms with Gasteiger partial charge in [-0.2, -0.15) is 0 Å². The summed E-state index contributed by atoms with van der Waals surface area (Å²) in [6, 6.07) is 25.3. The van der Waals surface area contributed by atoms with Gasteiger partial charge < -0.3 is 20.4 Å².